The summed E-state index contributed by atoms with van der Waals surface area (Å²) in [7, 11) is 1.49. The van der Waals surface area contributed by atoms with Crippen LogP contribution in [0.3, 0.4) is 0 Å². The highest BCUT2D eigenvalue weighted by atomic mass is 32.2. The molecule has 1 saturated heterocycles. The first-order valence-corrected chi connectivity index (χ1v) is 13.9. The zero-order chi connectivity index (χ0) is 29.9. The summed E-state index contributed by atoms with van der Waals surface area (Å²) in [4.78, 5) is 56.5. The Balaban J connectivity index is 1.09. The van der Waals surface area contributed by atoms with Crippen molar-refractivity contribution in [1.29, 1.82) is 0 Å². The first-order valence-electron chi connectivity index (χ1n) is 13.1. The molecule has 12 heteroatoms. The lowest BCUT2D eigenvalue weighted by Crippen LogP contribution is -2.31. The third-order valence-corrected chi connectivity index (χ3v) is 7.69. The number of ether oxygens (including phenoxy) is 2. The van der Waals surface area contributed by atoms with Gasteiger partial charge >= 0.3 is 5.97 Å². The molecule has 43 heavy (non-hydrogen) atoms. The highest BCUT2D eigenvalue weighted by Crippen LogP contribution is 2.34. The second kappa shape index (κ2) is 11.9. The molecule has 0 spiro atoms. The fourth-order valence-corrected chi connectivity index (χ4v) is 5.43. The Hall–Kier alpha value is -5.36. The molecule has 0 radical (unpaired) electrons. The number of rotatable bonds is 9. The molecule has 3 aromatic carbocycles. The van der Waals surface area contributed by atoms with E-state index in [1.807, 2.05) is 30.3 Å². The normalized spacial score (nSPS) is 14.7. The summed E-state index contributed by atoms with van der Waals surface area (Å²) < 4.78 is 16.1. The number of hydrogen-bond donors (Lipinski definition) is 0. The molecule has 0 bridgehead atoms. The molecule has 0 saturated carbocycles. The lowest BCUT2D eigenvalue weighted by molar-refractivity contribution is -0.121. The van der Waals surface area contributed by atoms with E-state index in [0.29, 0.717) is 34.0 Å². The average Bonchev–Trinajstić information content (AvgIpc) is 3.60. The van der Waals surface area contributed by atoms with Gasteiger partial charge in [-0.05, 0) is 48.5 Å². The lowest BCUT2D eigenvalue weighted by Gasteiger charge is -2.15. The number of ketones is 1. The maximum absolute atomic E-state index is 13.2. The number of imide groups is 1. The lowest BCUT2D eigenvalue weighted by atomic mass is 10.1. The molecule has 0 aliphatic carbocycles. The number of amides is 2. The van der Waals surface area contributed by atoms with Crippen molar-refractivity contribution >= 4 is 52.0 Å². The van der Waals surface area contributed by atoms with Gasteiger partial charge in [-0.25, -0.2) is 14.7 Å². The molecular weight excluding hydrogens is 572 g/mol. The van der Waals surface area contributed by atoms with Gasteiger partial charge in [0.15, 0.2) is 18.2 Å². The first-order chi connectivity index (χ1) is 20.9. The molecule has 2 aromatic heterocycles. The van der Waals surface area contributed by atoms with Crippen molar-refractivity contribution in [1.82, 2.24) is 15.2 Å². The number of benzene rings is 3. The van der Waals surface area contributed by atoms with E-state index in [2.05, 4.69) is 15.2 Å². The number of methoxy groups -OCH3 is 1. The predicted molar refractivity (Wildman–Crippen MR) is 156 cm³/mol. The maximum Gasteiger partial charge on any atom is 0.338 e. The van der Waals surface area contributed by atoms with Gasteiger partial charge in [-0.3, -0.25) is 14.4 Å². The predicted octanol–water partition coefficient (Wildman–Crippen LogP) is 4.76. The number of hydrogen-bond acceptors (Lipinski definition) is 11. The third kappa shape index (κ3) is 5.86. The Labute approximate surface area is 248 Å². The number of aromatic nitrogens is 3. The maximum atomic E-state index is 13.2. The van der Waals surface area contributed by atoms with Crippen molar-refractivity contribution in [2.45, 2.75) is 16.8 Å². The van der Waals surface area contributed by atoms with E-state index < -0.39 is 29.6 Å². The molecule has 3 heterocycles. The fourth-order valence-electron chi connectivity index (χ4n) is 4.50. The summed E-state index contributed by atoms with van der Waals surface area (Å²) >= 11 is 1.04. The minimum Gasteiger partial charge on any atom is -0.497 e. The van der Waals surface area contributed by atoms with Crippen molar-refractivity contribution in [2.24, 2.45) is 0 Å². The Morgan fingerprint density at radius 3 is 2.60 bits per heavy atom. The molecular formula is C31H22N4O7S. The van der Waals surface area contributed by atoms with Crippen molar-refractivity contribution in [3.8, 4) is 17.2 Å². The van der Waals surface area contributed by atoms with Gasteiger partial charge in [-0.2, -0.15) is 5.10 Å². The van der Waals surface area contributed by atoms with Gasteiger partial charge in [0.25, 0.3) is 0 Å². The molecule has 11 nitrogen and oxygen atoms in total. The van der Waals surface area contributed by atoms with Crippen LogP contribution in [0.2, 0.25) is 0 Å². The van der Waals surface area contributed by atoms with E-state index in [0.717, 1.165) is 22.0 Å². The van der Waals surface area contributed by atoms with Gasteiger partial charge in [-0.15, -0.1) is 5.10 Å². The van der Waals surface area contributed by atoms with Crippen LogP contribution in [0.1, 0.15) is 27.1 Å². The SMILES string of the molecule is COc1cccc(C(=O)COC(=O)c2ccc(N3C(=O)CC(Sc4nncc(-c5cc6ccccc6o5)n4)C3=O)cc2)c1. The van der Waals surface area contributed by atoms with Gasteiger partial charge in [0.1, 0.15) is 22.3 Å². The van der Waals surface area contributed by atoms with E-state index >= 15 is 0 Å². The van der Waals surface area contributed by atoms with Crippen molar-refractivity contribution < 1.29 is 33.1 Å². The number of fused-ring (bicyclic) bond motifs is 1. The number of carbonyl (C=O) groups excluding carboxylic acids is 4. The Bertz CT molecular complexity index is 1840. The molecule has 1 aliphatic rings. The van der Waals surface area contributed by atoms with Crippen LogP contribution >= 0.6 is 11.8 Å². The van der Waals surface area contributed by atoms with E-state index in [4.69, 9.17) is 13.9 Å². The highest BCUT2D eigenvalue weighted by Gasteiger charge is 2.41. The number of furan rings is 1. The number of nitrogens with zero attached hydrogens (tertiary/aromatic N) is 4. The van der Waals surface area contributed by atoms with E-state index in [9.17, 15) is 19.2 Å². The zero-order valence-corrected chi connectivity index (χ0v) is 23.4. The van der Waals surface area contributed by atoms with Crippen LogP contribution in [-0.2, 0) is 14.3 Å². The number of anilines is 1. The number of thioether (sulfide) groups is 1. The van der Waals surface area contributed by atoms with Crippen molar-refractivity contribution in [3.63, 3.8) is 0 Å². The third-order valence-electron chi connectivity index (χ3n) is 6.66. The van der Waals surface area contributed by atoms with Crippen LogP contribution in [0.5, 0.6) is 5.75 Å². The van der Waals surface area contributed by atoms with Crippen molar-refractivity contribution in [2.75, 3.05) is 18.6 Å². The van der Waals surface area contributed by atoms with Crippen LogP contribution < -0.4 is 9.64 Å². The zero-order valence-electron chi connectivity index (χ0n) is 22.6. The summed E-state index contributed by atoms with van der Waals surface area (Å²) in [6.07, 6.45) is 1.41. The summed E-state index contributed by atoms with van der Waals surface area (Å²) in [6, 6.07) is 21.7. The van der Waals surface area contributed by atoms with E-state index in [-0.39, 0.29) is 22.9 Å². The van der Waals surface area contributed by atoms with Crippen LogP contribution in [0.25, 0.3) is 22.4 Å². The van der Waals surface area contributed by atoms with Gasteiger partial charge in [0, 0.05) is 17.4 Å². The fraction of sp³-hybridized carbons (Fsp3) is 0.129. The Morgan fingerprint density at radius 2 is 1.81 bits per heavy atom. The highest BCUT2D eigenvalue weighted by molar-refractivity contribution is 8.00. The molecule has 1 unspecified atom stereocenters. The largest absolute Gasteiger partial charge is 0.497 e. The molecule has 214 valence electrons. The standard InChI is InChI=1S/C31H22N4O7S/c1-40-22-7-4-6-19(13-22)24(36)17-41-30(39)18-9-11-21(12-10-18)35-28(37)15-27(29(35)38)43-31-33-23(16-32-34-31)26-14-20-5-2-3-8-25(20)42-26/h2-14,16,27H,15,17H2,1H3. The number of Topliss-reactive ketones (excluding diaryl/α,β-unsaturated/α-hetero) is 1. The smallest absolute Gasteiger partial charge is 0.338 e. The second-order valence-corrected chi connectivity index (χ2v) is 10.6. The quantitative estimate of drug-likeness (QED) is 0.132. The second-order valence-electron chi connectivity index (χ2n) is 9.43. The first kappa shape index (κ1) is 27.8. The number of esters is 1. The average molecular weight is 595 g/mol. The van der Waals surface area contributed by atoms with Crippen molar-refractivity contribution in [3.05, 3.63) is 96.2 Å². The number of para-hydroxylation sites is 1. The van der Waals surface area contributed by atoms with Crippen LogP contribution in [0, 0.1) is 0 Å². The summed E-state index contributed by atoms with van der Waals surface area (Å²) in [5.41, 5.74) is 1.98. The van der Waals surface area contributed by atoms with Gasteiger partial charge in [0.2, 0.25) is 17.0 Å². The molecule has 5 aromatic rings. The van der Waals surface area contributed by atoms with Crippen LogP contribution in [-0.4, -0.2) is 57.7 Å². The van der Waals surface area contributed by atoms with E-state index in [1.54, 1.807) is 24.3 Å². The van der Waals surface area contributed by atoms with Crippen LogP contribution in [0.15, 0.2) is 94.6 Å². The molecule has 1 atom stereocenters. The minimum atomic E-state index is -0.757. The monoisotopic (exact) mass is 594 g/mol. The summed E-state index contributed by atoms with van der Waals surface area (Å²) in [6.45, 7) is -0.454. The number of carbonyl (C=O) groups is 4. The van der Waals surface area contributed by atoms with Gasteiger partial charge in [0.05, 0.1) is 24.6 Å². The molecule has 6 rings (SSSR count). The summed E-state index contributed by atoms with van der Waals surface area (Å²) in [5, 5.41) is 8.41. The molecule has 1 aliphatic heterocycles. The molecule has 2 amide bonds. The van der Waals surface area contributed by atoms with E-state index in [1.165, 1.54) is 37.6 Å². The van der Waals surface area contributed by atoms with Gasteiger partial charge < -0.3 is 13.9 Å². The van der Waals surface area contributed by atoms with Gasteiger partial charge in [-0.1, -0.05) is 42.1 Å². The summed E-state index contributed by atoms with van der Waals surface area (Å²) in [5.74, 6) is -0.918. The van der Waals surface area contributed by atoms with Crippen LogP contribution in [0.4, 0.5) is 5.69 Å². The topological polar surface area (TPSA) is 142 Å². The molecule has 0 N–H and O–H groups in total. The Kier molecular flexibility index (Phi) is 7.67. The minimum absolute atomic E-state index is 0.0576. The molecule has 1 fully saturated rings. The Morgan fingerprint density at radius 1 is 1.00 bits per heavy atom.